The number of aromatic nitrogens is 4. The van der Waals surface area contributed by atoms with Gasteiger partial charge in [-0.3, -0.25) is 0 Å². The molecule has 0 aliphatic heterocycles. The first-order chi connectivity index (χ1) is 8.27. The molecule has 0 bridgehead atoms. The van der Waals surface area contributed by atoms with E-state index in [1.54, 1.807) is 21.5 Å². The molecule has 0 aromatic carbocycles. The molecule has 1 unspecified atom stereocenters. The number of aliphatic hydroxyl groups is 1. The molecular weight excluding hydrogens is 216 g/mol. The van der Waals surface area contributed by atoms with Crippen LogP contribution in [0.25, 0.3) is 5.52 Å². The first-order valence-corrected chi connectivity index (χ1v) is 5.35. The topological polar surface area (TPSA) is 55.3 Å². The predicted octanol–water partition coefficient (Wildman–Crippen LogP) is 1.15. The largest absolute Gasteiger partial charge is 0.380 e. The van der Waals surface area contributed by atoms with Crippen LogP contribution in [0.2, 0.25) is 0 Å². The van der Waals surface area contributed by atoms with E-state index in [1.807, 2.05) is 37.6 Å². The summed E-state index contributed by atoms with van der Waals surface area (Å²) < 4.78 is 3.54. The minimum atomic E-state index is -0.755. The molecule has 1 atom stereocenters. The van der Waals surface area contributed by atoms with Crippen LogP contribution in [0.3, 0.4) is 0 Å². The fraction of sp³-hybridized carbons (Fsp3) is 0.167. The summed E-state index contributed by atoms with van der Waals surface area (Å²) in [4.78, 5) is 4.15. The summed E-state index contributed by atoms with van der Waals surface area (Å²) in [7, 11) is 1.86. The lowest BCUT2D eigenvalue weighted by molar-refractivity contribution is 0.207. The third-order valence-electron chi connectivity index (χ3n) is 2.85. The van der Waals surface area contributed by atoms with Crippen LogP contribution in [0.4, 0.5) is 0 Å². The molecule has 0 saturated carbocycles. The summed E-state index contributed by atoms with van der Waals surface area (Å²) in [5.74, 6) is 0.615. The van der Waals surface area contributed by atoms with Gasteiger partial charge in [0.15, 0.2) is 0 Å². The second kappa shape index (κ2) is 3.71. The number of imidazole rings is 1. The Balaban J connectivity index is 2.13. The third-order valence-corrected chi connectivity index (χ3v) is 2.85. The van der Waals surface area contributed by atoms with Gasteiger partial charge >= 0.3 is 0 Å². The Labute approximate surface area is 98.0 Å². The summed E-state index contributed by atoms with van der Waals surface area (Å²) >= 11 is 0. The van der Waals surface area contributed by atoms with Crippen LogP contribution in [0.1, 0.15) is 17.5 Å². The van der Waals surface area contributed by atoms with E-state index >= 15 is 0 Å². The van der Waals surface area contributed by atoms with Crippen LogP contribution in [0.5, 0.6) is 0 Å². The minimum absolute atomic E-state index is 0.615. The normalized spacial score (nSPS) is 13.1. The van der Waals surface area contributed by atoms with Crippen molar-refractivity contribution >= 4 is 5.52 Å². The van der Waals surface area contributed by atoms with Crippen molar-refractivity contribution in [2.24, 2.45) is 7.05 Å². The first-order valence-electron chi connectivity index (χ1n) is 5.35. The Kier molecular flexibility index (Phi) is 2.19. The molecule has 0 spiro atoms. The molecule has 0 saturated heterocycles. The number of rotatable bonds is 2. The summed E-state index contributed by atoms with van der Waals surface area (Å²) in [5, 5.41) is 14.5. The van der Waals surface area contributed by atoms with Gasteiger partial charge in [0.05, 0.1) is 11.7 Å². The summed E-state index contributed by atoms with van der Waals surface area (Å²) in [6, 6.07) is 5.75. The van der Waals surface area contributed by atoms with Gasteiger partial charge in [-0.2, -0.15) is 5.10 Å². The van der Waals surface area contributed by atoms with Crippen LogP contribution in [0, 0.1) is 0 Å². The van der Waals surface area contributed by atoms with Gasteiger partial charge in [0, 0.05) is 31.2 Å². The SMILES string of the molecule is Cn1ccnc1C(O)c1cnn2ccccc12. The van der Waals surface area contributed by atoms with Crippen LogP contribution < -0.4 is 0 Å². The Bertz CT molecular complexity index is 655. The maximum Gasteiger partial charge on any atom is 0.142 e. The van der Waals surface area contributed by atoms with Crippen molar-refractivity contribution in [3.8, 4) is 0 Å². The standard InChI is InChI=1S/C12H12N4O/c1-15-7-5-13-12(15)11(17)9-8-14-16-6-3-2-4-10(9)16/h2-8,11,17H,1H3. The number of nitrogens with zero attached hydrogens (tertiary/aromatic N) is 4. The van der Waals surface area contributed by atoms with Crippen molar-refractivity contribution in [1.82, 2.24) is 19.2 Å². The highest BCUT2D eigenvalue weighted by atomic mass is 16.3. The van der Waals surface area contributed by atoms with Gasteiger partial charge in [0.1, 0.15) is 11.9 Å². The van der Waals surface area contributed by atoms with Crippen LogP contribution in [-0.4, -0.2) is 24.3 Å². The molecule has 0 fully saturated rings. The molecule has 5 heteroatoms. The molecular formula is C12H12N4O. The van der Waals surface area contributed by atoms with E-state index in [0.29, 0.717) is 5.82 Å². The van der Waals surface area contributed by atoms with Crippen molar-refractivity contribution in [2.75, 3.05) is 0 Å². The minimum Gasteiger partial charge on any atom is -0.380 e. The zero-order valence-corrected chi connectivity index (χ0v) is 9.35. The Hall–Kier alpha value is -2.14. The smallest absolute Gasteiger partial charge is 0.142 e. The van der Waals surface area contributed by atoms with Crippen LogP contribution >= 0.6 is 0 Å². The van der Waals surface area contributed by atoms with Crippen LogP contribution in [-0.2, 0) is 7.05 Å². The number of hydrogen-bond donors (Lipinski definition) is 1. The maximum atomic E-state index is 10.3. The van der Waals surface area contributed by atoms with Gasteiger partial charge in [-0.1, -0.05) is 6.07 Å². The molecule has 3 aromatic heterocycles. The van der Waals surface area contributed by atoms with Gasteiger partial charge in [-0.05, 0) is 12.1 Å². The third kappa shape index (κ3) is 1.52. The van der Waals surface area contributed by atoms with E-state index in [1.165, 1.54) is 0 Å². The molecule has 0 amide bonds. The fourth-order valence-corrected chi connectivity index (χ4v) is 1.94. The predicted molar refractivity (Wildman–Crippen MR) is 62.5 cm³/mol. The number of aryl methyl sites for hydroxylation is 1. The molecule has 3 heterocycles. The van der Waals surface area contributed by atoms with Gasteiger partial charge in [-0.15, -0.1) is 0 Å². The molecule has 0 aliphatic rings. The van der Waals surface area contributed by atoms with Gasteiger partial charge in [0.2, 0.25) is 0 Å². The zero-order chi connectivity index (χ0) is 11.8. The highest BCUT2D eigenvalue weighted by Crippen LogP contribution is 2.23. The zero-order valence-electron chi connectivity index (χ0n) is 9.35. The quantitative estimate of drug-likeness (QED) is 0.715. The van der Waals surface area contributed by atoms with E-state index in [2.05, 4.69) is 10.1 Å². The molecule has 86 valence electrons. The average molecular weight is 228 g/mol. The van der Waals surface area contributed by atoms with Gasteiger partial charge in [-0.25, -0.2) is 9.50 Å². The Morgan fingerprint density at radius 2 is 2.18 bits per heavy atom. The number of pyridine rings is 1. The summed E-state index contributed by atoms with van der Waals surface area (Å²) in [6.45, 7) is 0. The molecule has 3 aromatic rings. The monoisotopic (exact) mass is 228 g/mol. The highest BCUT2D eigenvalue weighted by molar-refractivity contribution is 5.55. The van der Waals surface area contributed by atoms with Gasteiger partial charge in [0.25, 0.3) is 0 Å². The second-order valence-electron chi connectivity index (χ2n) is 3.93. The number of hydrogen-bond acceptors (Lipinski definition) is 3. The van der Waals surface area contributed by atoms with E-state index in [9.17, 15) is 5.11 Å². The van der Waals surface area contributed by atoms with Crippen molar-refractivity contribution in [3.05, 3.63) is 54.4 Å². The Morgan fingerprint density at radius 3 is 2.94 bits per heavy atom. The number of aliphatic hydroxyl groups excluding tert-OH is 1. The number of fused-ring (bicyclic) bond motifs is 1. The van der Waals surface area contributed by atoms with E-state index in [-0.39, 0.29) is 0 Å². The highest BCUT2D eigenvalue weighted by Gasteiger charge is 2.18. The Morgan fingerprint density at radius 1 is 1.29 bits per heavy atom. The summed E-state index contributed by atoms with van der Waals surface area (Å²) in [5.41, 5.74) is 1.66. The van der Waals surface area contributed by atoms with E-state index in [0.717, 1.165) is 11.1 Å². The molecule has 0 aliphatic carbocycles. The van der Waals surface area contributed by atoms with Crippen LogP contribution in [0.15, 0.2) is 43.0 Å². The van der Waals surface area contributed by atoms with Crippen molar-refractivity contribution in [3.63, 3.8) is 0 Å². The molecule has 0 radical (unpaired) electrons. The fourth-order valence-electron chi connectivity index (χ4n) is 1.94. The molecule has 1 N–H and O–H groups in total. The van der Waals surface area contributed by atoms with Crippen molar-refractivity contribution in [1.29, 1.82) is 0 Å². The molecule has 17 heavy (non-hydrogen) atoms. The maximum absolute atomic E-state index is 10.3. The van der Waals surface area contributed by atoms with E-state index < -0.39 is 6.10 Å². The average Bonchev–Trinajstić information content (AvgIpc) is 2.94. The first kappa shape index (κ1) is 10.0. The molecule has 5 nitrogen and oxygen atoms in total. The summed E-state index contributed by atoms with van der Waals surface area (Å²) in [6.07, 6.45) is 6.25. The molecule has 3 rings (SSSR count). The van der Waals surface area contributed by atoms with Crippen molar-refractivity contribution in [2.45, 2.75) is 6.10 Å². The van der Waals surface area contributed by atoms with Gasteiger partial charge < -0.3 is 9.67 Å². The lowest BCUT2D eigenvalue weighted by atomic mass is 10.1. The van der Waals surface area contributed by atoms with E-state index in [4.69, 9.17) is 0 Å². The lowest BCUT2D eigenvalue weighted by Crippen LogP contribution is -2.06. The lowest BCUT2D eigenvalue weighted by Gasteiger charge is -2.09. The second-order valence-corrected chi connectivity index (χ2v) is 3.93. The van der Waals surface area contributed by atoms with Crippen molar-refractivity contribution < 1.29 is 5.11 Å².